The molecule has 2 amide bonds. The van der Waals surface area contributed by atoms with Gasteiger partial charge in [-0.2, -0.15) is 0 Å². The van der Waals surface area contributed by atoms with Crippen LogP contribution in [0.3, 0.4) is 0 Å². The Bertz CT molecular complexity index is 585. The van der Waals surface area contributed by atoms with E-state index >= 15 is 0 Å². The Morgan fingerprint density at radius 3 is 2.08 bits per heavy atom. The van der Waals surface area contributed by atoms with Gasteiger partial charge in [0, 0.05) is 45.7 Å². The Balaban J connectivity index is 1.38. The Kier molecular flexibility index (Phi) is 6.08. The normalized spacial score (nSPS) is 18.6. The van der Waals surface area contributed by atoms with Crippen LogP contribution in [0.1, 0.15) is 30.4 Å². The van der Waals surface area contributed by atoms with Crippen molar-refractivity contribution < 1.29 is 9.59 Å². The maximum absolute atomic E-state index is 12.4. The van der Waals surface area contributed by atoms with E-state index < -0.39 is 0 Å². The van der Waals surface area contributed by atoms with Crippen LogP contribution in [0.4, 0.5) is 0 Å². The topological polar surface area (TPSA) is 43.9 Å². The van der Waals surface area contributed by atoms with Crippen LogP contribution in [0.15, 0.2) is 24.3 Å². The van der Waals surface area contributed by atoms with Gasteiger partial charge in [-0.3, -0.25) is 14.5 Å². The number of carbonyl (C=O) groups is 2. The molecule has 136 valence electrons. The van der Waals surface area contributed by atoms with E-state index in [9.17, 15) is 9.59 Å². The van der Waals surface area contributed by atoms with Gasteiger partial charge >= 0.3 is 0 Å². The van der Waals surface area contributed by atoms with Crippen LogP contribution in [0.25, 0.3) is 0 Å². The monoisotopic (exact) mass is 343 g/mol. The molecular formula is C20H29N3O2. The molecule has 0 atom stereocenters. The lowest BCUT2D eigenvalue weighted by Gasteiger charge is -2.35. The van der Waals surface area contributed by atoms with Crippen LogP contribution in [0.2, 0.25) is 0 Å². The zero-order valence-electron chi connectivity index (χ0n) is 15.2. The molecule has 25 heavy (non-hydrogen) atoms. The van der Waals surface area contributed by atoms with E-state index in [-0.39, 0.29) is 11.8 Å². The maximum atomic E-state index is 12.4. The minimum atomic E-state index is 0.228. The molecule has 5 heteroatoms. The molecule has 2 saturated heterocycles. The van der Waals surface area contributed by atoms with Gasteiger partial charge in [0.15, 0.2) is 0 Å². The van der Waals surface area contributed by atoms with Crippen LogP contribution in [-0.4, -0.2) is 72.3 Å². The molecule has 0 spiro atoms. The highest BCUT2D eigenvalue weighted by atomic mass is 16.2. The Morgan fingerprint density at radius 1 is 0.840 bits per heavy atom. The quantitative estimate of drug-likeness (QED) is 0.817. The van der Waals surface area contributed by atoms with Crippen molar-refractivity contribution in [1.29, 1.82) is 0 Å². The van der Waals surface area contributed by atoms with Gasteiger partial charge in [-0.05, 0) is 31.7 Å². The third-order valence-corrected chi connectivity index (χ3v) is 5.29. The average Bonchev–Trinajstić information content (AvgIpc) is 3.16. The van der Waals surface area contributed by atoms with E-state index in [4.69, 9.17) is 0 Å². The highest BCUT2D eigenvalue weighted by Crippen LogP contribution is 2.11. The van der Waals surface area contributed by atoms with Gasteiger partial charge < -0.3 is 9.80 Å². The predicted molar refractivity (Wildman–Crippen MR) is 98.3 cm³/mol. The molecule has 2 aliphatic rings. The van der Waals surface area contributed by atoms with Crippen LogP contribution in [0.5, 0.6) is 0 Å². The number of rotatable bonds is 5. The van der Waals surface area contributed by atoms with E-state index in [1.54, 1.807) is 0 Å². The van der Waals surface area contributed by atoms with Crippen molar-refractivity contribution in [3.8, 4) is 0 Å². The van der Waals surface area contributed by atoms with Gasteiger partial charge in [0.05, 0.1) is 6.54 Å². The molecule has 2 aliphatic heterocycles. The molecule has 2 heterocycles. The molecule has 0 saturated carbocycles. The average molecular weight is 343 g/mol. The fourth-order valence-corrected chi connectivity index (χ4v) is 3.58. The largest absolute Gasteiger partial charge is 0.342 e. The minimum Gasteiger partial charge on any atom is -0.342 e. The summed E-state index contributed by atoms with van der Waals surface area (Å²) in [7, 11) is 0. The number of piperazine rings is 1. The Morgan fingerprint density at radius 2 is 1.44 bits per heavy atom. The summed E-state index contributed by atoms with van der Waals surface area (Å²) in [6, 6.07) is 8.39. The van der Waals surface area contributed by atoms with Crippen molar-refractivity contribution in [2.24, 2.45) is 0 Å². The lowest BCUT2D eigenvalue weighted by atomic mass is 10.1. The van der Waals surface area contributed by atoms with E-state index in [0.717, 1.165) is 58.5 Å². The SMILES string of the molecule is Cc1ccc(CCC(=O)N2CCN(CC(=O)N3CCCC3)CC2)cc1. The summed E-state index contributed by atoms with van der Waals surface area (Å²) >= 11 is 0. The second-order valence-corrected chi connectivity index (χ2v) is 7.23. The molecule has 1 aromatic carbocycles. The van der Waals surface area contributed by atoms with E-state index in [0.29, 0.717) is 13.0 Å². The van der Waals surface area contributed by atoms with Gasteiger partial charge in [0.25, 0.3) is 0 Å². The summed E-state index contributed by atoms with van der Waals surface area (Å²) < 4.78 is 0. The zero-order valence-corrected chi connectivity index (χ0v) is 15.2. The predicted octanol–water partition coefficient (Wildman–Crippen LogP) is 1.69. The molecule has 0 unspecified atom stereocenters. The first-order chi connectivity index (χ1) is 12.1. The molecule has 0 radical (unpaired) electrons. The van der Waals surface area contributed by atoms with E-state index in [1.807, 2.05) is 9.80 Å². The fraction of sp³-hybridized carbons (Fsp3) is 0.600. The van der Waals surface area contributed by atoms with Crippen molar-refractivity contribution in [2.45, 2.75) is 32.6 Å². The molecule has 2 fully saturated rings. The van der Waals surface area contributed by atoms with E-state index in [2.05, 4.69) is 36.1 Å². The minimum absolute atomic E-state index is 0.228. The molecule has 0 aromatic heterocycles. The van der Waals surface area contributed by atoms with Crippen molar-refractivity contribution in [1.82, 2.24) is 14.7 Å². The van der Waals surface area contributed by atoms with Crippen LogP contribution < -0.4 is 0 Å². The summed E-state index contributed by atoms with van der Waals surface area (Å²) in [6.45, 7) is 7.48. The number of amides is 2. The fourth-order valence-electron chi connectivity index (χ4n) is 3.58. The van der Waals surface area contributed by atoms with Crippen molar-refractivity contribution in [3.63, 3.8) is 0 Å². The third kappa shape index (κ3) is 5.05. The van der Waals surface area contributed by atoms with Crippen molar-refractivity contribution >= 4 is 11.8 Å². The molecule has 1 aromatic rings. The molecule has 3 rings (SSSR count). The van der Waals surface area contributed by atoms with Gasteiger partial charge in [-0.15, -0.1) is 0 Å². The standard InChI is InChI=1S/C20H29N3O2/c1-17-4-6-18(7-5-17)8-9-19(24)23-14-12-21(13-15-23)16-20(25)22-10-2-3-11-22/h4-7H,2-3,8-16H2,1H3. The number of hydrogen-bond acceptors (Lipinski definition) is 3. The summed E-state index contributed by atoms with van der Waals surface area (Å²) in [5.41, 5.74) is 2.46. The van der Waals surface area contributed by atoms with Crippen LogP contribution in [-0.2, 0) is 16.0 Å². The van der Waals surface area contributed by atoms with Gasteiger partial charge in [-0.1, -0.05) is 29.8 Å². The lowest BCUT2D eigenvalue weighted by Crippen LogP contribution is -2.51. The highest BCUT2D eigenvalue weighted by Gasteiger charge is 2.25. The first-order valence-electron chi connectivity index (χ1n) is 9.45. The Labute approximate surface area is 150 Å². The summed E-state index contributed by atoms with van der Waals surface area (Å²) in [5.74, 6) is 0.475. The zero-order chi connectivity index (χ0) is 17.6. The number of benzene rings is 1. The number of aryl methyl sites for hydroxylation is 2. The number of likely N-dealkylation sites (tertiary alicyclic amines) is 1. The van der Waals surface area contributed by atoms with Crippen molar-refractivity contribution in [3.05, 3.63) is 35.4 Å². The highest BCUT2D eigenvalue weighted by molar-refractivity contribution is 5.79. The van der Waals surface area contributed by atoms with Crippen LogP contribution >= 0.6 is 0 Å². The molecule has 0 N–H and O–H groups in total. The summed E-state index contributed by atoms with van der Waals surface area (Å²) in [6.07, 6.45) is 3.63. The first kappa shape index (κ1) is 17.9. The molecule has 5 nitrogen and oxygen atoms in total. The number of hydrogen-bond donors (Lipinski definition) is 0. The third-order valence-electron chi connectivity index (χ3n) is 5.29. The Hall–Kier alpha value is -1.88. The summed E-state index contributed by atoms with van der Waals surface area (Å²) in [4.78, 5) is 30.7. The number of nitrogens with zero attached hydrogens (tertiary/aromatic N) is 3. The maximum Gasteiger partial charge on any atom is 0.236 e. The first-order valence-corrected chi connectivity index (χ1v) is 9.45. The van der Waals surface area contributed by atoms with Crippen LogP contribution in [0, 0.1) is 6.92 Å². The lowest BCUT2D eigenvalue weighted by molar-refractivity contribution is -0.134. The number of carbonyl (C=O) groups excluding carboxylic acids is 2. The van der Waals surface area contributed by atoms with E-state index in [1.165, 1.54) is 11.1 Å². The second kappa shape index (κ2) is 8.48. The van der Waals surface area contributed by atoms with Gasteiger partial charge in [-0.25, -0.2) is 0 Å². The molecule has 0 bridgehead atoms. The smallest absolute Gasteiger partial charge is 0.236 e. The molecule has 0 aliphatic carbocycles. The van der Waals surface area contributed by atoms with Gasteiger partial charge in [0.1, 0.15) is 0 Å². The molecular weight excluding hydrogens is 314 g/mol. The second-order valence-electron chi connectivity index (χ2n) is 7.23. The van der Waals surface area contributed by atoms with Gasteiger partial charge in [0.2, 0.25) is 11.8 Å². The summed E-state index contributed by atoms with van der Waals surface area (Å²) in [5, 5.41) is 0. The van der Waals surface area contributed by atoms with Crippen molar-refractivity contribution in [2.75, 3.05) is 45.8 Å².